The molecule has 0 aliphatic carbocycles. The van der Waals surface area contributed by atoms with E-state index in [-0.39, 0.29) is 17.7 Å². The number of hydrogen-bond donors (Lipinski definition) is 0. The lowest BCUT2D eigenvalue weighted by Gasteiger charge is -2.40. The minimum atomic E-state index is -2.23. The molecule has 1 aromatic carbocycles. The van der Waals surface area contributed by atoms with Crippen LogP contribution in [0.2, 0.25) is 18.1 Å². The summed E-state index contributed by atoms with van der Waals surface area (Å²) in [7, 11) is 3.09. The van der Waals surface area contributed by atoms with Crippen molar-refractivity contribution in [2.24, 2.45) is 0 Å². The number of amides is 1. The van der Waals surface area contributed by atoms with E-state index in [1.807, 2.05) is 67.9 Å². The van der Waals surface area contributed by atoms with E-state index in [1.54, 1.807) is 31.5 Å². The molecule has 3 aromatic heterocycles. The van der Waals surface area contributed by atoms with Crippen molar-refractivity contribution in [3.8, 4) is 22.8 Å². The Morgan fingerprint density at radius 2 is 1.61 bits per heavy atom. The van der Waals surface area contributed by atoms with Gasteiger partial charge >= 0.3 is 6.09 Å². The first-order valence-electron chi connectivity index (χ1n) is 16.6. The minimum Gasteiger partial charge on any atom is -0.497 e. The van der Waals surface area contributed by atoms with E-state index in [0.717, 1.165) is 33.7 Å². The van der Waals surface area contributed by atoms with Crippen LogP contribution in [0.5, 0.6) is 11.5 Å². The van der Waals surface area contributed by atoms with Crippen molar-refractivity contribution in [1.82, 2.24) is 29.6 Å². The predicted octanol–water partition coefficient (Wildman–Crippen LogP) is 7.88. The quantitative estimate of drug-likeness (QED) is 0.136. The Morgan fingerprint density at radius 1 is 0.959 bits per heavy atom. The molecule has 0 saturated heterocycles. The average molecular weight is 692 g/mol. The van der Waals surface area contributed by atoms with Gasteiger partial charge in [0.2, 0.25) is 0 Å². The highest BCUT2D eigenvalue weighted by atomic mass is 28.4. The van der Waals surface area contributed by atoms with E-state index >= 15 is 0 Å². The van der Waals surface area contributed by atoms with Crippen LogP contribution in [0.3, 0.4) is 0 Å². The normalized spacial score (nSPS) is 13.0. The van der Waals surface area contributed by atoms with E-state index in [1.165, 1.54) is 6.33 Å². The summed E-state index contributed by atoms with van der Waals surface area (Å²) in [5.41, 5.74) is 3.40. The van der Waals surface area contributed by atoms with Crippen molar-refractivity contribution in [1.29, 1.82) is 0 Å². The number of aromatic nitrogens is 5. The Balaban J connectivity index is 1.71. The Kier molecular flexibility index (Phi) is 11.3. The van der Waals surface area contributed by atoms with Gasteiger partial charge in [-0.2, -0.15) is 5.10 Å². The topological polar surface area (TPSA) is 117 Å². The van der Waals surface area contributed by atoms with E-state index in [9.17, 15) is 4.79 Å². The van der Waals surface area contributed by atoms with Crippen molar-refractivity contribution >= 4 is 36.8 Å². The molecule has 3 heterocycles. The number of pyridine rings is 1. The van der Waals surface area contributed by atoms with Gasteiger partial charge in [0.25, 0.3) is 0 Å². The number of nitrogens with zero attached hydrogens (tertiary/aromatic N) is 7. The first-order valence-corrected chi connectivity index (χ1v) is 19.5. The van der Waals surface area contributed by atoms with E-state index < -0.39 is 26.1 Å². The van der Waals surface area contributed by atoms with Crippen LogP contribution >= 0.6 is 0 Å². The number of fused-ring (bicyclic) bond motifs is 1. The molecule has 4 aromatic rings. The van der Waals surface area contributed by atoms with Crippen molar-refractivity contribution in [2.45, 2.75) is 91.3 Å². The smallest absolute Gasteiger partial charge is 0.410 e. The Hall–Kier alpha value is -4.23. The molecular formula is C36H53N7O5Si. The Labute approximate surface area is 291 Å². The summed E-state index contributed by atoms with van der Waals surface area (Å²) in [6.07, 6.45) is 6.08. The number of benzene rings is 1. The number of carbonyl (C=O) groups excluding carboxylic acids is 1. The average Bonchev–Trinajstić information content (AvgIpc) is 3.46. The van der Waals surface area contributed by atoms with Gasteiger partial charge in [-0.25, -0.2) is 24.4 Å². The number of hydrogen-bond acceptors (Lipinski definition) is 10. The van der Waals surface area contributed by atoms with E-state index in [4.69, 9.17) is 23.6 Å². The molecule has 13 heteroatoms. The maximum Gasteiger partial charge on any atom is 0.410 e. The Morgan fingerprint density at radius 3 is 2.20 bits per heavy atom. The van der Waals surface area contributed by atoms with Gasteiger partial charge in [-0.1, -0.05) is 20.8 Å². The second kappa shape index (κ2) is 14.7. The zero-order valence-electron chi connectivity index (χ0n) is 31.4. The van der Waals surface area contributed by atoms with Crippen LogP contribution in [-0.2, 0) is 9.16 Å². The molecule has 1 amide bonds. The molecule has 0 aliphatic rings. The van der Waals surface area contributed by atoms with Crippen molar-refractivity contribution in [2.75, 3.05) is 39.3 Å². The van der Waals surface area contributed by atoms with Gasteiger partial charge in [0, 0.05) is 31.8 Å². The molecule has 266 valence electrons. The second-order valence-electron chi connectivity index (χ2n) is 15.2. The lowest BCUT2D eigenvalue weighted by atomic mass is 10.1. The summed E-state index contributed by atoms with van der Waals surface area (Å²) in [4.78, 5) is 30.0. The zero-order valence-corrected chi connectivity index (χ0v) is 32.4. The highest BCUT2D eigenvalue weighted by Gasteiger charge is 2.40. The van der Waals surface area contributed by atoms with E-state index in [0.29, 0.717) is 18.0 Å². The first kappa shape index (κ1) is 37.6. The number of anilines is 2. The maximum absolute atomic E-state index is 12.9. The fourth-order valence-corrected chi connectivity index (χ4v) is 6.29. The summed E-state index contributed by atoms with van der Waals surface area (Å²) < 4.78 is 26.5. The number of ether oxygens (including phenoxy) is 3. The van der Waals surface area contributed by atoms with E-state index in [2.05, 4.69) is 62.8 Å². The summed E-state index contributed by atoms with van der Waals surface area (Å²) in [5.74, 6) is 1.20. The molecule has 1 atom stereocenters. The first-order chi connectivity index (χ1) is 22.8. The van der Waals surface area contributed by atoms with Crippen LogP contribution in [-0.4, -0.2) is 90.1 Å². The fraction of sp³-hybridized carbons (Fsp3) is 0.528. The molecule has 49 heavy (non-hydrogen) atoms. The van der Waals surface area contributed by atoms with Crippen molar-refractivity contribution in [3.63, 3.8) is 0 Å². The molecule has 12 nitrogen and oxygen atoms in total. The predicted molar refractivity (Wildman–Crippen MR) is 196 cm³/mol. The molecule has 4 rings (SSSR count). The summed E-state index contributed by atoms with van der Waals surface area (Å²) >= 11 is 0. The van der Waals surface area contributed by atoms with Gasteiger partial charge in [0.05, 0.1) is 60.8 Å². The van der Waals surface area contributed by atoms with Crippen LogP contribution in [0, 0.1) is 0 Å². The van der Waals surface area contributed by atoms with Crippen LogP contribution in [0.1, 0.15) is 61.4 Å². The molecule has 1 unspecified atom stereocenters. The van der Waals surface area contributed by atoms with Gasteiger partial charge in [-0.3, -0.25) is 0 Å². The highest BCUT2D eigenvalue weighted by molar-refractivity contribution is 6.74. The van der Waals surface area contributed by atoms with Gasteiger partial charge < -0.3 is 28.4 Å². The molecule has 0 fully saturated rings. The third kappa shape index (κ3) is 9.27. The standard InChI is InChI=1S/C36H53N7O5Si/c1-24(2)43-33-30(20-39-43)32(42(10)26-18-37-23-38-19-26)17-31(40-33)25-14-27(45-11)16-28(15-25)46-22-29(48-49(12,13)36(6,7)8)21-41(9)34(44)47-35(3,4)5/h14-20,23-24,29H,21-22H2,1-13H3. The molecule has 0 radical (unpaired) electrons. The number of carbonyl (C=O) groups is 1. The molecule has 0 spiro atoms. The maximum atomic E-state index is 12.9. The van der Waals surface area contributed by atoms with Gasteiger partial charge in [0.15, 0.2) is 14.0 Å². The molecule has 0 aliphatic heterocycles. The summed E-state index contributed by atoms with van der Waals surface area (Å²) in [6, 6.07) is 7.85. The highest BCUT2D eigenvalue weighted by Crippen LogP contribution is 2.39. The monoisotopic (exact) mass is 691 g/mol. The van der Waals surface area contributed by atoms with Crippen molar-refractivity contribution in [3.05, 3.63) is 49.2 Å². The number of methoxy groups -OCH3 is 1. The zero-order chi connectivity index (χ0) is 36.3. The van der Waals surface area contributed by atoms with Crippen molar-refractivity contribution < 1.29 is 23.4 Å². The van der Waals surface area contributed by atoms with Crippen LogP contribution < -0.4 is 14.4 Å². The molecular weight excluding hydrogens is 639 g/mol. The lowest BCUT2D eigenvalue weighted by Crippen LogP contribution is -2.49. The summed E-state index contributed by atoms with van der Waals surface area (Å²) in [6.45, 7) is 21.2. The Bertz CT molecular complexity index is 1730. The van der Waals surface area contributed by atoms with Crippen LogP contribution in [0.15, 0.2) is 49.2 Å². The summed E-state index contributed by atoms with van der Waals surface area (Å²) in [5, 5.41) is 5.53. The molecule has 0 N–H and O–H groups in total. The van der Waals surface area contributed by atoms with Gasteiger partial charge in [0.1, 0.15) is 30.0 Å². The fourth-order valence-electron chi connectivity index (χ4n) is 4.96. The minimum absolute atomic E-state index is 0.0392. The second-order valence-corrected chi connectivity index (χ2v) is 19.9. The van der Waals surface area contributed by atoms with Crippen LogP contribution in [0.25, 0.3) is 22.3 Å². The van der Waals surface area contributed by atoms with Gasteiger partial charge in [-0.15, -0.1) is 0 Å². The number of rotatable bonds is 12. The number of likely N-dealkylation sites (N-methyl/N-ethyl adjacent to an activating group) is 1. The molecule has 0 bridgehead atoms. The third-order valence-corrected chi connectivity index (χ3v) is 13.2. The lowest BCUT2D eigenvalue weighted by molar-refractivity contribution is 0.0172. The SMILES string of the molecule is COc1cc(OCC(CN(C)C(=O)OC(C)(C)C)O[Si](C)(C)C(C)(C)C)cc(-c2cc(N(C)c3cncnc3)c3cnn(C(C)C)c3n2)c1. The third-order valence-electron chi connectivity index (χ3n) is 8.63. The van der Waals surface area contributed by atoms with Gasteiger partial charge in [-0.05, 0) is 71.0 Å². The van der Waals surface area contributed by atoms with Crippen LogP contribution in [0.4, 0.5) is 16.2 Å². The molecule has 0 saturated carbocycles. The largest absolute Gasteiger partial charge is 0.497 e.